The highest BCUT2D eigenvalue weighted by atomic mass is 19.1. The Bertz CT molecular complexity index is 435. The van der Waals surface area contributed by atoms with Crippen LogP contribution in [0.2, 0.25) is 0 Å². The lowest BCUT2D eigenvalue weighted by molar-refractivity contribution is -0.136. The van der Waals surface area contributed by atoms with Crippen LogP contribution in [0, 0.1) is 11.6 Å². The van der Waals surface area contributed by atoms with Gasteiger partial charge in [0.25, 0.3) is 0 Å². The lowest BCUT2D eigenvalue weighted by atomic mass is 10.1. The summed E-state index contributed by atoms with van der Waals surface area (Å²) in [4.78, 5) is 21.6. The van der Waals surface area contributed by atoms with Gasteiger partial charge in [0.2, 0.25) is 0 Å². The average Bonchev–Trinajstić information content (AvgIpc) is 2.27. The minimum atomic E-state index is -0.998. The summed E-state index contributed by atoms with van der Waals surface area (Å²) in [6.07, 6.45) is -0.140. The summed E-state index contributed by atoms with van der Waals surface area (Å²) in [6.45, 7) is -0.133. The molecular weight excluding hydrogens is 232 g/mol. The number of halogens is 2. The first-order chi connectivity index (χ1) is 8.00. The maximum atomic E-state index is 13.1. The van der Waals surface area contributed by atoms with E-state index in [4.69, 9.17) is 5.11 Å². The number of carbonyl (C=O) groups excluding carboxylic acids is 1. The molecule has 0 aliphatic heterocycles. The molecule has 17 heavy (non-hydrogen) atoms. The van der Waals surface area contributed by atoms with Crippen LogP contribution in [0.15, 0.2) is 18.2 Å². The zero-order chi connectivity index (χ0) is 12.8. The van der Waals surface area contributed by atoms with E-state index in [0.717, 1.165) is 18.2 Å². The van der Waals surface area contributed by atoms with Crippen LogP contribution in [0.4, 0.5) is 8.78 Å². The van der Waals surface area contributed by atoms with Crippen LogP contribution in [0.25, 0.3) is 0 Å². The Kier molecular flexibility index (Phi) is 4.71. The fourth-order valence-electron chi connectivity index (χ4n) is 1.20. The van der Waals surface area contributed by atoms with E-state index in [1.54, 1.807) is 0 Å². The van der Waals surface area contributed by atoms with Gasteiger partial charge in [-0.05, 0) is 18.2 Å². The van der Waals surface area contributed by atoms with Crippen molar-refractivity contribution in [1.29, 1.82) is 0 Å². The van der Waals surface area contributed by atoms with E-state index in [1.165, 1.54) is 0 Å². The summed E-state index contributed by atoms with van der Waals surface area (Å²) in [7, 11) is 0. The highest BCUT2D eigenvalue weighted by Gasteiger charge is 2.12. The topological polar surface area (TPSA) is 66.4 Å². The highest BCUT2D eigenvalue weighted by molar-refractivity contribution is 5.97. The van der Waals surface area contributed by atoms with Gasteiger partial charge in [-0.1, -0.05) is 0 Å². The highest BCUT2D eigenvalue weighted by Crippen LogP contribution is 2.09. The Labute approximate surface area is 96.3 Å². The van der Waals surface area contributed by atoms with Crippen molar-refractivity contribution < 1.29 is 23.5 Å². The minimum Gasteiger partial charge on any atom is -0.481 e. The first-order valence-corrected chi connectivity index (χ1v) is 4.91. The van der Waals surface area contributed by atoms with Crippen LogP contribution in [-0.2, 0) is 4.79 Å². The van der Waals surface area contributed by atoms with Crippen LogP contribution in [0.1, 0.15) is 16.8 Å². The number of nitrogens with one attached hydrogen (secondary N) is 1. The molecule has 0 aromatic heterocycles. The summed E-state index contributed by atoms with van der Waals surface area (Å²) in [6, 6.07) is 2.61. The van der Waals surface area contributed by atoms with Gasteiger partial charge in [0.05, 0.1) is 18.5 Å². The fraction of sp³-hybridized carbons (Fsp3) is 0.273. The van der Waals surface area contributed by atoms with Gasteiger partial charge in [-0.3, -0.25) is 9.59 Å². The van der Waals surface area contributed by atoms with E-state index in [0.29, 0.717) is 0 Å². The molecule has 6 heteroatoms. The summed E-state index contributed by atoms with van der Waals surface area (Å²) in [5, 5.41) is 10.9. The van der Waals surface area contributed by atoms with E-state index in [-0.39, 0.29) is 25.1 Å². The normalized spacial score (nSPS) is 10.2. The molecule has 0 atom stereocenters. The van der Waals surface area contributed by atoms with Crippen molar-refractivity contribution in [3.8, 4) is 0 Å². The van der Waals surface area contributed by atoms with Crippen molar-refractivity contribution >= 4 is 11.8 Å². The third-order valence-corrected chi connectivity index (χ3v) is 2.03. The van der Waals surface area contributed by atoms with Gasteiger partial charge in [0, 0.05) is 6.54 Å². The van der Waals surface area contributed by atoms with E-state index >= 15 is 0 Å². The number of aliphatic carboxylic acids is 1. The number of benzene rings is 1. The Hall–Kier alpha value is -1.82. The second kappa shape index (κ2) is 6.05. The molecule has 0 aliphatic carbocycles. The van der Waals surface area contributed by atoms with Gasteiger partial charge in [0.1, 0.15) is 11.6 Å². The molecule has 1 aromatic rings. The SMILES string of the molecule is O=C(O)CCNCC(=O)c1cc(F)ccc1F. The van der Waals surface area contributed by atoms with Crippen molar-refractivity contribution in [3.05, 3.63) is 35.4 Å². The molecule has 1 aromatic carbocycles. The van der Waals surface area contributed by atoms with Crippen molar-refractivity contribution in [3.63, 3.8) is 0 Å². The molecule has 0 saturated heterocycles. The minimum absolute atomic E-state index is 0.0952. The van der Waals surface area contributed by atoms with Crippen LogP contribution in [0.5, 0.6) is 0 Å². The zero-order valence-electron chi connectivity index (χ0n) is 8.87. The van der Waals surface area contributed by atoms with E-state index in [1.807, 2.05) is 0 Å². The lowest BCUT2D eigenvalue weighted by Gasteiger charge is -2.04. The Balaban J connectivity index is 2.52. The monoisotopic (exact) mass is 243 g/mol. The predicted octanol–water partition coefficient (Wildman–Crippen LogP) is 1.21. The molecule has 1 rings (SSSR count). The maximum absolute atomic E-state index is 13.1. The van der Waals surface area contributed by atoms with Gasteiger partial charge >= 0.3 is 5.97 Å². The molecule has 0 spiro atoms. The zero-order valence-corrected chi connectivity index (χ0v) is 8.87. The first-order valence-electron chi connectivity index (χ1n) is 4.91. The van der Waals surface area contributed by atoms with Gasteiger partial charge in [-0.25, -0.2) is 8.78 Å². The Morgan fingerprint density at radius 2 is 2.00 bits per heavy atom. The molecule has 0 heterocycles. The molecule has 2 N–H and O–H groups in total. The van der Waals surface area contributed by atoms with Crippen LogP contribution >= 0.6 is 0 Å². The number of carbonyl (C=O) groups is 2. The van der Waals surface area contributed by atoms with Gasteiger partial charge in [-0.2, -0.15) is 0 Å². The number of ketones is 1. The molecule has 0 bridgehead atoms. The number of rotatable bonds is 6. The van der Waals surface area contributed by atoms with E-state index < -0.39 is 23.4 Å². The summed E-state index contributed by atoms with van der Waals surface area (Å²) in [5.74, 6) is -3.11. The van der Waals surface area contributed by atoms with Crippen molar-refractivity contribution in [2.45, 2.75) is 6.42 Å². The van der Waals surface area contributed by atoms with Gasteiger partial charge in [-0.15, -0.1) is 0 Å². The summed E-state index contributed by atoms with van der Waals surface area (Å²) < 4.78 is 25.9. The second-order valence-electron chi connectivity index (χ2n) is 3.37. The smallest absolute Gasteiger partial charge is 0.304 e. The van der Waals surface area contributed by atoms with Gasteiger partial charge < -0.3 is 10.4 Å². The lowest BCUT2D eigenvalue weighted by Crippen LogP contribution is -2.26. The molecule has 0 fully saturated rings. The van der Waals surface area contributed by atoms with E-state index in [9.17, 15) is 18.4 Å². The number of carboxylic acid groups (broad SMARTS) is 1. The van der Waals surface area contributed by atoms with Crippen LogP contribution < -0.4 is 5.32 Å². The standard InChI is InChI=1S/C11H11F2NO3/c12-7-1-2-9(13)8(5-7)10(15)6-14-4-3-11(16)17/h1-2,5,14H,3-4,6H2,(H,16,17). The van der Waals surface area contributed by atoms with Crippen LogP contribution in [-0.4, -0.2) is 29.9 Å². The number of hydrogen-bond acceptors (Lipinski definition) is 3. The Morgan fingerprint density at radius 3 is 2.65 bits per heavy atom. The van der Waals surface area contributed by atoms with Crippen molar-refractivity contribution in [2.24, 2.45) is 0 Å². The molecule has 0 unspecified atom stereocenters. The third kappa shape index (κ3) is 4.28. The van der Waals surface area contributed by atoms with Crippen molar-refractivity contribution in [1.82, 2.24) is 5.32 Å². The molecular formula is C11H11F2NO3. The number of Topliss-reactive ketones (excluding diaryl/α,β-unsaturated/α-hetero) is 1. The molecule has 0 aliphatic rings. The van der Waals surface area contributed by atoms with Gasteiger partial charge in [0.15, 0.2) is 5.78 Å². The first kappa shape index (κ1) is 13.2. The van der Waals surface area contributed by atoms with Crippen LogP contribution in [0.3, 0.4) is 0 Å². The summed E-state index contributed by atoms with van der Waals surface area (Å²) >= 11 is 0. The number of carboxylic acids is 1. The average molecular weight is 243 g/mol. The molecule has 0 amide bonds. The maximum Gasteiger partial charge on any atom is 0.304 e. The summed E-state index contributed by atoms with van der Waals surface area (Å²) in [5.41, 5.74) is -0.340. The quantitative estimate of drug-likeness (QED) is 0.582. The predicted molar refractivity (Wildman–Crippen MR) is 55.8 cm³/mol. The second-order valence-corrected chi connectivity index (χ2v) is 3.37. The van der Waals surface area contributed by atoms with E-state index in [2.05, 4.69) is 5.32 Å². The Morgan fingerprint density at radius 1 is 1.29 bits per heavy atom. The molecule has 92 valence electrons. The fourth-order valence-corrected chi connectivity index (χ4v) is 1.20. The third-order valence-electron chi connectivity index (χ3n) is 2.03. The number of hydrogen-bond donors (Lipinski definition) is 2. The molecule has 4 nitrogen and oxygen atoms in total. The molecule has 0 saturated carbocycles. The largest absolute Gasteiger partial charge is 0.481 e. The molecule has 0 radical (unpaired) electrons. The van der Waals surface area contributed by atoms with Crippen molar-refractivity contribution in [2.75, 3.05) is 13.1 Å².